The van der Waals surface area contributed by atoms with Gasteiger partial charge >= 0.3 is 5.97 Å². The zero-order chi connectivity index (χ0) is 16.6. The second-order valence-electron chi connectivity index (χ2n) is 6.54. The maximum absolute atomic E-state index is 12.5. The van der Waals surface area contributed by atoms with E-state index >= 15 is 0 Å². The fourth-order valence-electron chi connectivity index (χ4n) is 3.40. The molecular weight excluding hydrogens is 290 g/mol. The van der Waals surface area contributed by atoms with Crippen LogP contribution in [0, 0.1) is 0 Å². The molecular formula is C19H23NO3. The first-order valence-electron chi connectivity index (χ1n) is 8.35. The van der Waals surface area contributed by atoms with Crippen molar-refractivity contribution >= 4 is 22.7 Å². The lowest BCUT2D eigenvalue weighted by Crippen LogP contribution is -2.18. The molecule has 4 heteroatoms. The van der Waals surface area contributed by atoms with Crippen molar-refractivity contribution in [1.29, 1.82) is 0 Å². The number of hydrogen-bond donors (Lipinski definition) is 1. The Labute approximate surface area is 136 Å². The first-order valence-corrected chi connectivity index (χ1v) is 8.35. The SMILES string of the molecule is CCOC(=O)CC1CCC(=O)c2c1[nH]c1ccc(C(C)C)cc21. The van der Waals surface area contributed by atoms with Gasteiger partial charge in [-0.15, -0.1) is 0 Å². The Morgan fingerprint density at radius 3 is 2.87 bits per heavy atom. The van der Waals surface area contributed by atoms with Crippen LogP contribution < -0.4 is 0 Å². The summed E-state index contributed by atoms with van der Waals surface area (Å²) in [5.74, 6) is 0.433. The lowest BCUT2D eigenvalue weighted by molar-refractivity contribution is -0.143. The van der Waals surface area contributed by atoms with Crippen LogP contribution in [0.25, 0.3) is 10.9 Å². The van der Waals surface area contributed by atoms with Crippen molar-refractivity contribution in [3.05, 3.63) is 35.0 Å². The van der Waals surface area contributed by atoms with E-state index in [9.17, 15) is 9.59 Å². The largest absolute Gasteiger partial charge is 0.466 e. The number of nitrogens with one attached hydrogen (secondary N) is 1. The number of esters is 1. The minimum atomic E-state index is -0.195. The van der Waals surface area contributed by atoms with E-state index in [0.29, 0.717) is 31.8 Å². The van der Waals surface area contributed by atoms with Crippen molar-refractivity contribution in [3.63, 3.8) is 0 Å². The van der Waals surface area contributed by atoms with Crippen LogP contribution in [0.5, 0.6) is 0 Å². The van der Waals surface area contributed by atoms with E-state index in [1.807, 2.05) is 13.0 Å². The van der Waals surface area contributed by atoms with Crippen molar-refractivity contribution in [2.75, 3.05) is 6.61 Å². The fraction of sp³-hybridized carbons (Fsp3) is 0.474. The van der Waals surface area contributed by atoms with Crippen LogP contribution in [0.1, 0.15) is 73.5 Å². The smallest absolute Gasteiger partial charge is 0.306 e. The molecule has 0 fully saturated rings. The van der Waals surface area contributed by atoms with Crippen molar-refractivity contribution < 1.29 is 14.3 Å². The molecule has 3 rings (SSSR count). The van der Waals surface area contributed by atoms with Gasteiger partial charge in [0.1, 0.15) is 0 Å². The average molecular weight is 313 g/mol. The minimum absolute atomic E-state index is 0.0386. The van der Waals surface area contributed by atoms with Gasteiger partial charge < -0.3 is 9.72 Å². The van der Waals surface area contributed by atoms with Crippen molar-refractivity contribution in [2.24, 2.45) is 0 Å². The van der Waals surface area contributed by atoms with Crippen molar-refractivity contribution in [3.8, 4) is 0 Å². The number of aromatic amines is 1. The van der Waals surface area contributed by atoms with Crippen molar-refractivity contribution in [2.45, 2.75) is 51.9 Å². The molecule has 2 aromatic rings. The number of rotatable bonds is 4. The van der Waals surface area contributed by atoms with Gasteiger partial charge in [0.25, 0.3) is 0 Å². The van der Waals surface area contributed by atoms with Crippen molar-refractivity contribution in [1.82, 2.24) is 4.98 Å². The van der Waals surface area contributed by atoms with E-state index < -0.39 is 0 Å². The fourth-order valence-corrected chi connectivity index (χ4v) is 3.40. The number of benzene rings is 1. The highest BCUT2D eigenvalue weighted by Crippen LogP contribution is 2.38. The van der Waals surface area contributed by atoms with Crippen LogP contribution in [0.2, 0.25) is 0 Å². The molecule has 23 heavy (non-hydrogen) atoms. The van der Waals surface area contributed by atoms with Gasteiger partial charge in [-0.05, 0) is 37.0 Å². The summed E-state index contributed by atoms with van der Waals surface area (Å²) in [7, 11) is 0. The van der Waals surface area contributed by atoms with Gasteiger partial charge in [0.05, 0.1) is 13.0 Å². The summed E-state index contributed by atoms with van der Waals surface area (Å²) >= 11 is 0. The topological polar surface area (TPSA) is 59.2 Å². The Balaban J connectivity index is 2.04. The summed E-state index contributed by atoms with van der Waals surface area (Å²) in [5, 5.41) is 0.991. The average Bonchev–Trinajstić information content (AvgIpc) is 2.89. The van der Waals surface area contributed by atoms with E-state index in [-0.39, 0.29) is 17.7 Å². The molecule has 1 unspecified atom stereocenters. The van der Waals surface area contributed by atoms with Gasteiger partial charge in [-0.3, -0.25) is 9.59 Å². The summed E-state index contributed by atoms with van der Waals surface area (Å²) in [6.45, 7) is 6.49. The van der Waals surface area contributed by atoms with Crippen LogP contribution in [0.4, 0.5) is 0 Å². The quantitative estimate of drug-likeness (QED) is 0.856. The molecule has 1 N–H and O–H groups in total. The molecule has 1 aliphatic rings. The molecule has 0 radical (unpaired) electrons. The third-order valence-electron chi connectivity index (χ3n) is 4.64. The van der Waals surface area contributed by atoms with Gasteiger partial charge in [-0.25, -0.2) is 0 Å². The van der Waals surface area contributed by atoms with Crippen LogP contribution in [0.15, 0.2) is 18.2 Å². The molecule has 0 saturated heterocycles. The molecule has 1 aliphatic carbocycles. The molecule has 122 valence electrons. The van der Waals surface area contributed by atoms with E-state index in [1.165, 1.54) is 5.56 Å². The number of fused-ring (bicyclic) bond motifs is 3. The zero-order valence-electron chi connectivity index (χ0n) is 13.9. The number of hydrogen-bond acceptors (Lipinski definition) is 3. The molecule has 0 amide bonds. The number of carbonyl (C=O) groups is 2. The van der Waals surface area contributed by atoms with Gasteiger partial charge in [0.2, 0.25) is 0 Å². The lowest BCUT2D eigenvalue weighted by atomic mass is 9.84. The highest BCUT2D eigenvalue weighted by atomic mass is 16.5. The second kappa shape index (κ2) is 6.19. The summed E-state index contributed by atoms with van der Waals surface area (Å²) in [6.07, 6.45) is 1.53. The van der Waals surface area contributed by atoms with Gasteiger partial charge in [-0.1, -0.05) is 19.9 Å². The van der Waals surface area contributed by atoms with Gasteiger partial charge in [0, 0.05) is 34.5 Å². The number of aromatic nitrogens is 1. The Morgan fingerprint density at radius 2 is 2.17 bits per heavy atom. The monoisotopic (exact) mass is 313 g/mol. The van der Waals surface area contributed by atoms with Crippen LogP contribution in [-0.4, -0.2) is 23.3 Å². The molecule has 0 bridgehead atoms. The predicted octanol–water partition coefficient (Wildman–Crippen LogP) is 4.30. The Kier molecular flexibility index (Phi) is 4.24. The molecule has 1 atom stereocenters. The van der Waals surface area contributed by atoms with E-state index in [4.69, 9.17) is 4.74 Å². The van der Waals surface area contributed by atoms with Gasteiger partial charge in [0.15, 0.2) is 5.78 Å². The third kappa shape index (κ3) is 2.90. The first kappa shape index (κ1) is 15.8. The Hall–Kier alpha value is -2.10. The van der Waals surface area contributed by atoms with E-state index in [2.05, 4.69) is 31.0 Å². The number of H-pyrrole nitrogens is 1. The number of carbonyl (C=O) groups excluding carboxylic acids is 2. The first-order chi connectivity index (χ1) is 11.0. The third-order valence-corrected chi connectivity index (χ3v) is 4.64. The minimum Gasteiger partial charge on any atom is -0.466 e. The maximum atomic E-state index is 12.5. The highest BCUT2D eigenvalue weighted by Gasteiger charge is 2.31. The second-order valence-corrected chi connectivity index (χ2v) is 6.54. The Bertz CT molecular complexity index is 757. The molecule has 0 aliphatic heterocycles. The molecule has 0 saturated carbocycles. The number of ether oxygens (including phenoxy) is 1. The summed E-state index contributed by atoms with van der Waals surface area (Å²) in [5.41, 5.74) is 3.89. The van der Waals surface area contributed by atoms with E-state index in [1.54, 1.807) is 0 Å². The molecule has 1 heterocycles. The zero-order valence-corrected chi connectivity index (χ0v) is 13.9. The van der Waals surface area contributed by atoms with Crippen LogP contribution in [0.3, 0.4) is 0 Å². The van der Waals surface area contributed by atoms with Gasteiger partial charge in [-0.2, -0.15) is 0 Å². The lowest BCUT2D eigenvalue weighted by Gasteiger charge is -2.21. The molecule has 1 aromatic heterocycles. The summed E-state index contributed by atoms with van der Waals surface area (Å²) < 4.78 is 5.07. The molecule has 1 aromatic carbocycles. The molecule has 0 spiro atoms. The molecule has 4 nitrogen and oxygen atoms in total. The van der Waals surface area contributed by atoms with E-state index in [0.717, 1.165) is 22.2 Å². The summed E-state index contributed by atoms with van der Waals surface area (Å²) in [6, 6.07) is 6.25. The number of ketones is 1. The Morgan fingerprint density at radius 1 is 1.39 bits per heavy atom. The summed E-state index contributed by atoms with van der Waals surface area (Å²) in [4.78, 5) is 27.7. The number of Topliss-reactive ketones (excluding diaryl/α,β-unsaturated/α-hetero) is 1. The van der Waals surface area contributed by atoms with Crippen LogP contribution >= 0.6 is 0 Å². The maximum Gasteiger partial charge on any atom is 0.306 e. The highest BCUT2D eigenvalue weighted by molar-refractivity contribution is 6.10. The predicted molar refractivity (Wildman–Crippen MR) is 89.9 cm³/mol. The van der Waals surface area contributed by atoms with Crippen LogP contribution in [-0.2, 0) is 9.53 Å². The normalized spacial score (nSPS) is 17.6. The standard InChI is InChI=1S/C19H23NO3/c1-4-23-17(22)10-13-6-8-16(21)18-14-9-12(11(2)3)5-7-15(14)20-19(13)18/h5,7,9,11,13,20H,4,6,8,10H2,1-3H3.